The molecule has 1 aromatic rings. The van der Waals surface area contributed by atoms with Gasteiger partial charge in [-0.3, -0.25) is 4.99 Å². The maximum absolute atomic E-state index is 12.8. The van der Waals surface area contributed by atoms with Crippen LogP contribution in [0.3, 0.4) is 0 Å². The average Bonchev–Trinajstić information content (AvgIpc) is 2.46. The molecule has 1 fully saturated rings. The molecule has 0 aliphatic carbocycles. The molecule has 21 heavy (non-hydrogen) atoms. The molecule has 1 atom stereocenters. The molecule has 0 saturated carbocycles. The number of aliphatic hydroxyl groups is 1. The van der Waals surface area contributed by atoms with E-state index in [0.29, 0.717) is 11.5 Å². The van der Waals surface area contributed by atoms with Crippen LogP contribution in [0.15, 0.2) is 29.3 Å². The number of aliphatic hydroxyl groups excluding tert-OH is 1. The zero-order valence-corrected chi connectivity index (χ0v) is 14.5. The average molecular weight is 407 g/mol. The van der Waals surface area contributed by atoms with Crippen molar-refractivity contribution in [2.75, 3.05) is 19.6 Å². The Kier molecular flexibility index (Phi) is 7.37. The monoisotopic (exact) mass is 407 g/mol. The van der Waals surface area contributed by atoms with Gasteiger partial charge in [0.1, 0.15) is 5.82 Å². The first-order valence-electron chi connectivity index (χ1n) is 7.04. The van der Waals surface area contributed by atoms with Crippen LogP contribution in [0.2, 0.25) is 0 Å². The summed E-state index contributed by atoms with van der Waals surface area (Å²) in [6.45, 7) is 4.28. The van der Waals surface area contributed by atoms with Crippen LogP contribution in [0.5, 0.6) is 0 Å². The van der Waals surface area contributed by atoms with Crippen molar-refractivity contribution in [2.45, 2.75) is 25.9 Å². The highest BCUT2D eigenvalue weighted by Gasteiger charge is 2.17. The molecule has 2 rings (SSSR count). The lowest BCUT2D eigenvalue weighted by Crippen LogP contribution is -2.42. The lowest BCUT2D eigenvalue weighted by Gasteiger charge is -2.31. The van der Waals surface area contributed by atoms with Crippen LogP contribution in [0.1, 0.15) is 31.4 Å². The third-order valence-electron chi connectivity index (χ3n) is 3.79. The predicted molar refractivity (Wildman–Crippen MR) is 93.2 cm³/mol. The summed E-state index contributed by atoms with van der Waals surface area (Å²) in [7, 11) is 0. The third kappa shape index (κ3) is 5.43. The van der Waals surface area contributed by atoms with E-state index < -0.39 is 6.10 Å². The molecule has 0 radical (unpaired) electrons. The maximum atomic E-state index is 12.8. The Labute approximate surface area is 142 Å². The number of nitrogens with zero attached hydrogens (tertiary/aromatic N) is 2. The summed E-state index contributed by atoms with van der Waals surface area (Å²) in [5.74, 6) is 0.910. The number of aliphatic imine (C=N–C) groups is 1. The van der Waals surface area contributed by atoms with E-state index in [0.717, 1.165) is 31.8 Å². The minimum absolute atomic E-state index is 0. The summed E-state index contributed by atoms with van der Waals surface area (Å²) in [6.07, 6.45) is 1.49. The SMILES string of the molecule is CC1CCN(C(N)=NCC(O)c2ccc(F)cc2)CC1.I. The highest BCUT2D eigenvalue weighted by molar-refractivity contribution is 14.0. The molecule has 1 aromatic carbocycles. The number of hydrogen-bond acceptors (Lipinski definition) is 2. The van der Waals surface area contributed by atoms with E-state index in [9.17, 15) is 9.50 Å². The van der Waals surface area contributed by atoms with E-state index in [1.807, 2.05) is 0 Å². The van der Waals surface area contributed by atoms with Gasteiger partial charge in [-0.05, 0) is 36.5 Å². The van der Waals surface area contributed by atoms with Crippen molar-refractivity contribution in [3.05, 3.63) is 35.6 Å². The van der Waals surface area contributed by atoms with Crippen molar-refractivity contribution in [1.29, 1.82) is 0 Å². The van der Waals surface area contributed by atoms with Crippen LogP contribution < -0.4 is 5.73 Å². The molecule has 1 aliphatic rings. The molecule has 1 aliphatic heterocycles. The fourth-order valence-electron chi connectivity index (χ4n) is 2.31. The second-order valence-corrected chi connectivity index (χ2v) is 5.44. The highest BCUT2D eigenvalue weighted by Crippen LogP contribution is 2.16. The molecular weight excluding hydrogens is 384 g/mol. The fourth-order valence-corrected chi connectivity index (χ4v) is 2.31. The summed E-state index contributed by atoms with van der Waals surface area (Å²) >= 11 is 0. The van der Waals surface area contributed by atoms with Crippen molar-refractivity contribution in [3.63, 3.8) is 0 Å². The molecule has 0 aromatic heterocycles. The molecule has 118 valence electrons. The largest absolute Gasteiger partial charge is 0.386 e. The summed E-state index contributed by atoms with van der Waals surface area (Å²) < 4.78 is 12.8. The number of guanidine groups is 1. The zero-order chi connectivity index (χ0) is 14.5. The van der Waals surface area contributed by atoms with E-state index in [1.54, 1.807) is 12.1 Å². The molecule has 0 spiro atoms. The van der Waals surface area contributed by atoms with Crippen LogP contribution in [0, 0.1) is 11.7 Å². The van der Waals surface area contributed by atoms with Crippen molar-refractivity contribution in [2.24, 2.45) is 16.6 Å². The summed E-state index contributed by atoms with van der Waals surface area (Å²) in [5, 5.41) is 10.00. The quantitative estimate of drug-likeness (QED) is 0.460. The molecule has 3 N–H and O–H groups in total. The van der Waals surface area contributed by atoms with Crippen molar-refractivity contribution >= 4 is 29.9 Å². The highest BCUT2D eigenvalue weighted by atomic mass is 127. The second kappa shape index (κ2) is 8.53. The summed E-state index contributed by atoms with van der Waals surface area (Å²) in [6, 6.07) is 5.79. The van der Waals surface area contributed by atoms with Gasteiger partial charge < -0.3 is 15.7 Å². The predicted octanol–water partition coefficient (Wildman–Crippen LogP) is 2.52. The molecular formula is C15H23FIN3O. The second-order valence-electron chi connectivity index (χ2n) is 5.44. The van der Waals surface area contributed by atoms with E-state index in [-0.39, 0.29) is 36.3 Å². The number of benzene rings is 1. The Morgan fingerprint density at radius 1 is 1.38 bits per heavy atom. The van der Waals surface area contributed by atoms with Crippen molar-refractivity contribution in [1.82, 2.24) is 4.90 Å². The first-order chi connectivity index (χ1) is 9.56. The molecule has 1 heterocycles. The van der Waals surface area contributed by atoms with E-state index in [4.69, 9.17) is 5.73 Å². The zero-order valence-electron chi connectivity index (χ0n) is 12.2. The van der Waals surface area contributed by atoms with E-state index >= 15 is 0 Å². The van der Waals surface area contributed by atoms with Gasteiger partial charge in [0.25, 0.3) is 0 Å². The minimum atomic E-state index is -0.752. The Morgan fingerprint density at radius 2 is 1.95 bits per heavy atom. The normalized spacial score (nSPS) is 18.2. The van der Waals surface area contributed by atoms with Crippen molar-refractivity contribution < 1.29 is 9.50 Å². The number of nitrogens with two attached hydrogens (primary N) is 1. The standard InChI is InChI=1S/C15H22FN3O.HI/c1-11-6-8-19(9-7-11)15(17)18-10-14(20)12-2-4-13(16)5-3-12;/h2-5,11,14,20H,6-10H2,1H3,(H2,17,18);1H. The topological polar surface area (TPSA) is 61.8 Å². The third-order valence-corrected chi connectivity index (χ3v) is 3.79. The van der Waals surface area contributed by atoms with E-state index in [2.05, 4.69) is 16.8 Å². The molecule has 6 heteroatoms. The maximum Gasteiger partial charge on any atom is 0.191 e. The Morgan fingerprint density at radius 3 is 2.52 bits per heavy atom. The van der Waals surface area contributed by atoms with Gasteiger partial charge in [0.15, 0.2) is 5.96 Å². The number of rotatable bonds is 3. The lowest BCUT2D eigenvalue weighted by atomic mass is 10.00. The lowest BCUT2D eigenvalue weighted by molar-refractivity contribution is 0.186. The van der Waals surface area contributed by atoms with Crippen molar-refractivity contribution in [3.8, 4) is 0 Å². The van der Waals surface area contributed by atoms with Gasteiger partial charge in [-0.25, -0.2) is 4.39 Å². The van der Waals surface area contributed by atoms with Gasteiger partial charge >= 0.3 is 0 Å². The van der Waals surface area contributed by atoms with Crippen LogP contribution in [0.4, 0.5) is 4.39 Å². The minimum Gasteiger partial charge on any atom is -0.386 e. The number of hydrogen-bond donors (Lipinski definition) is 2. The van der Waals surface area contributed by atoms with E-state index in [1.165, 1.54) is 12.1 Å². The van der Waals surface area contributed by atoms with Crippen LogP contribution in [0.25, 0.3) is 0 Å². The molecule has 1 saturated heterocycles. The van der Waals surface area contributed by atoms with Gasteiger partial charge in [-0.2, -0.15) is 0 Å². The Balaban J connectivity index is 0.00000220. The number of piperidine rings is 1. The van der Waals surface area contributed by atoms with Crippen LogP contribution in [-0.2, 0) is 0 Å². The molecule has 1 unspecified atom stereocenters. The summed E-state index contributed by atoms with van der Waals surface area (Å²) in [5.41, 5.74) is 6.60. The summed E-state index contributed by atoms with van der Waals surface area (Å²) in [4.78, 5) is 6.30. The molecule has 0 bridgehead atoms. The Hall–Kier alpha value is -0.890. The van der Waals surface area contributed by atoms with Crippen LogP contribution in [-0.4, -0.2) is 35.6 Å². The van der Waals surface area contributed by atoms with Gasteiger partial charge in [0.05, 0.1) is 12.6 Å². The fraction of sp³-hybridized carbons (Fsp3) is 0.533. The van der Waals surface area contributed by atoms with Gasteiger partial charge in [-0.1, -0.05) is 19.1 Å². The number of likely N-dealkylation sites (tertiary alicyclic amines) is 1. The molecule has 0 amide bonds. The smallest absolute Gasteiger partial charge is 0.191 e. The number of halogens is 2. The van der Waals surface area contributed by atoms with Gasteiger partial charge in [-0.15, -0.1) is 24.0 Å². The molecule has 4 nitrogen and oxygen atoms in total. The van der Waals surface area contributed by atoms with Gasteiger partial charge in [0, 0.05) is 13.1 Å². The first-order valence-corrected chi connectivity index (χ1v) is 7.04. The first kappa shape index (κ1) is 18.2. The van der Waals surface area contributed by atoms with Gasteiger partial charge in [0.2, 0.25) is 0 Å². The Bertz CT molecular complexity index is 458. The van der Waals surface area contributed by atoms with Crippen LogP contribution >= 0.6 is 24.0 Å².